The van der Waals surface area contributed by atoms with Crippen molar-refractivity contribution < 1.29 is 9.31 Å². The lowest BCUT2D eigenvalue weighted by molar-refractivity contribution is 0.00578. The number of aromatic nitrogens is 1. The maximum atomic E-state index is 6.08. The van der Waals surface area contributed by atoms with Gasteiger partial charge in [-0.05, 0) is 57.6 Å². The number of pyridine rings is 1. The van der Waals surface area contributed by atoms with E-state index < -0.39 is 7.12 Å². The normalized spacial score (nSPS) is 25.8. The van der Waals surface area contributed by atoms with Crippen LogP contribution >= 0.6 is 0 Å². The highest BCUT2D eigenvalue weighted by atomic mass is 16.7. The number of nitrogens with two attached hydrogens (primary N) is 1. The van der Waals surface area contributed by atoms with Gasteiger partial charge in [0.1, 0.15) is 0 Å². The summed E-state index contributed by atoms with van der Waals surface area (Å²) >= 11 is 0. The van der Waals surface area contributed by atoms with Crippen molar-refractivity contribution in [1.29, 1.82) is 0 Å². The maximum absolute atomic E-state index is 6.08. The number of nitrogens with zero attached hydrogens (tertiary/aromatic N) is 1. The number of rotatable bonds is 2. The van der Waals surface area contributed by atoms with Gasteiger partial charge in [0.15, 0.2) is 0 Å². The largest absolute Gasteiger partial charge is 0.514 e. The van der Waals surface area contributed by atoms with E-state index in [1.54, 1.807) is 6.20 Å². The molecule has 0 radical (unpaired) electrons. The predicted molar refractivity (Wildman–Crippen MR) is 81.0 cm³/mol. The SMILES string of the molecule is CC1(c2cc(B3OC(C)(C)C(C)(C)O3)ncc2N)CC1. The Morgan fingerprint density at radius 1 is 1.10 bits per heavy atom. The van der Waals surface area contributed by atoms with Gasteiger partial charge in [0.05, 0.1) is 22.5 Å². The summed E-state index contributed by atoms with van der Waals surface area (Å²) in [6.07, 6.45) is 4.10. The summed E-state index contributed by atoms with van der Waals surface area (Å²) in [4.78, 5) is 4.42. The molecule has 0 atom stereocenters. The van der Waals surface area contributed by atoms with Crippen molar-refractivity contribution in [2.24, 2.45) is 0 Å². The van der Waals surface area contributed by atoms with Crippen LogP contribution in [0.1, 0.15) is 53.0 Å². The van der Waals surface area contributed by atoms with Crippen LogP contribution in [0.4, 0.5) is 5.69 Å². The summed E-state index contributed by atoms with van der Waals surface area (Å²) < 4.78 is 12.1. The summed E-state index contributed by atoms with van der Waals surface area (Å²) in [5, 5.41) is 0. The van der Waals surface area contributed by atoms with E-state index in [-0.39, 0.29) is 16.6 Å². The molecule has 3 rings (SSSR count). The zero-order chi connectivity index (χ0) is 14.8. The van der Waals surface area contributed by atoms with E-state index in [2.05, 4.69) is 18.0 Å². The van der Waals surface area contributed by atoms with Crippen molar-refractivity contribution in [2.75, 3.05) is 5.73 Å². The van der Waals surface area contributed by atoms with Gasteiger partial charge in [-0.3, -0.25) is 4.98 Å². The topological polar surface area (TPSA) is 57.4 Å². The molecule has 20 heavy (non-hydrogen) atoms. The average Bonchev–Trinajstić information content (AvgIpc) is 3.02. The molecule has 1 aromatic rings. The van der Waals surface area contributed by atoms with Crippen LogP contribution in [0.2, 0.25) is 0 Å². The second-order valence-corrected chi connectivity index (χ2v) is 7.35. The third-order valence-electron chi connectivity index (χ3n) is 5.10. The fourth-order valence-corrected chi connectivity index (χ4v) is 2.55. The summed E-state index contributed by atoms with van der Waals surface area (Å²) in [6, 6.07) is 2.06. The van der Waals surface area contributed by atoms with Gasteiger partial charge in [0.2, 0.25) is 0 Å². The van der Waals surface area contributed by atoms with Crippen LogP contribution in [-0.2, 0) is 14.7 Å². The molecule has 2 N–H and O–H groups in total. The zero-order valence-electron chi connectivity index (χ0n) is 13.0. The standard InChI is InChI=1S/C15H23BN2O2/c1-13(2)14(3,4)20-16(19-13)12-8-10(11(17)9-18-12)15(5)6-7-15/h8-9H,6-7,17H2,1-5H3. The first-order chi connectivity index (χ1) is 9.15. The number of anilines is 1. The lowest BCUT2D eigenvalue weighted by Crippen LogP contribution is -2.41. The minimum atomic E-state index is -0.415. The van der Waals surface area contributed by atoms with Crippen LogP contribution in [0.15, 0.2) is 12.3 Å². The van der Waals surface area contributed by atoms with Gasteiger partial charge in [0, 0.05) is 6.20 Å². The molecule has 1 saturated heterocycles. The minimum absolute atomic E-state index is 0.214. The van der Waals surface area contributed by atoms with E-state index in [0.717, 1.165) is 11.3 Å². The fraction of sp³-hybridized carbons (Fsp3) is 0.667. The Kier molecular flexibility index (Phi) is 2.77. The molecule has 0 bridgehead atoms. The summed E-state index contributed by atoms with van der Waals surface area (Å²) in [5.41, 5.74) is 8.37. The Balaban J connectivity index is 1.93. The highest BCUT2D eigenvalue weighted by Gasteiger charge is 2.52. The van der Waals surface area contributed by atoms with Crippen LogP contribution in [0.25, 0.3) is 0 Å². The van der Waals surface area contributed by atoms with Gasteiger partial charge in [0.25, 0.3) is 0 Å². The van der Waals surface area contributed by atoms with Gasteiger partial charge in [-0.15, -0.1) is 0 Å². The van der Waals surface area contributed by atoms with Crippen molar-refractivity contribution in [3.8, 4) is 0 Å². The summed E-state index contributed by atoms with van der Waals surface area (Å²) in [5.74, 6) is 0. The molecule has 2 heterocycles. The smallest absolute Gasteiger partial charge is 0.398 e. The van der Waals surface area contributed by atoms with E-state index in [1.807, 2.05) is 27.7 Å². The van der Waals surface area contributed by atoms with Crippen molar-refractivity contribution in [3.05, 3.63) is 17.8 Å². The number of nitrogen functional groups attached to an aromatic ring is 1. The molecule has 2 fully saturated rings. The van der Waals surface area contributed by atoms with Gasteiger partial charge >= 0.3 is 7.12 Å². The molecule has 1 aliphatic carbocycles. The highest BCUT2D eigenvalue weighted by Crippen LogP contribution is 2.49. The van der Waals surface area contributed by atoms with Gasteiger partial charge in [-0.2, -0.15) is 0 Å². The molecule has 4 nitrogen and oxygen atoms in total. The molecule has 2 aliphatic rings. The molecule has 0 amide bonds. The third-order valence-corrected chi connectivity index (χ3v) is 5.10. The molecule has 0 unspecified atom stereocenters. The van der Waals surface area contributed by atoms with E-state index >= 15 is 0 Å². The molecule has 1 aromatic heterocycles. The van der Waals surface area contributed by atoms with Crippen molar-refractivity contribution >= 4 is 18.4 Å². The van der Waals surface area contributed by atoms with E-state index in [0.29, 0.717) is 0 Å². The van der Waals surface area contributed by atoms with E-state index in [1.165, 1.54) is 18.4 Å². The van der Waals surface area contributed by atoms with Crippen molar-refractivity contribution in [2.45, 2.75) is 64.1 Å². The molecule has 108 valence electrons. The van der Waals surface area contributed by atoms with Crippen LogP contribution in [-0.4, -0.2) is 23.3 Å². The second-order valence-electron chi connectivity index (χ2n) is 7.35. The Bertz CT molecular complexity index is 537. The van der Waals surface area contributed by atoms with Gasteiger partial charge < -0.3 is 15.0 Å². The van der Waals surface area contributed by atoms with Crippen LogP contribution in [0, 0.1) is 0 Å². The molecule has 5 heteroatoms. The summed E-state index contributed by atoms with van der Waals surface area (Å²) in [7, 11) is -0.415. The van der Waals surface area contributed by atoms with Crippen molar-refractivity contribution in [1.82, 2.24) is 4.98 Å². The maximum Gasteiger partial charge on any atom is 0.514 e. The van der Waals surface area contributed by atoms with Gasteiger partial charge in [-0.25, -0.2) is 0 Å². The molecular weight excluding hydrogens is 251 g/mol. The van der Waals surface area contributed by atoms with Gasteiger partial charge in [-0.1, -0.05) is 6.92 Å². The first-order valence-electron chi connectivity index (χ1n) is 7.26. The lowest BCUT2D eigenvalue weighted by Gasteiger charge is -2.32. The highest BCUT2D eigenvalue weighted by molar-refractivity contribution is 6.61. The molecule has 0 aromatic carbocycles. The number of hydrogen-bond donors (Lipinski definition) is 1. The molecular formula is C15H23BN2O2. The quantitative estimate of drug-likeness (QED) is 0.838. The molecule has 1 aliphatic heterocycles. The molecule has 1 saturated carbocycles. The van der Waals surface area contributed by atoms with Crippen LogP contribution in [0.3, 0.4) is 0 Å². The second kappa shape index (κ2) is 3.98. The average molecular weight is 274 g/mol. The number of hydrogen-bond acceptors (Lipinski definition) is 4. The van der Waals surface area contributed by atoms with E-state index in [9.17, 15) is 0 Å². The van der Waals surface area contributed by atoms with Crippen LogP contribution in [0.5, 0.6) is 0 Å². The third kappa shape index (κ3) is 2.04. The fourth-order valence-electron chi connectivity index (χ4n) is 2.55. The van der Waals surface area contributed by atoms with Crippen LogP contribution < -0.4 is 11.3 Å². The molecule has 0 spiro atoms. The Morgan fingerprint density at radius 3 is 2.15 bits per heavy atom. The van der Waals surface area contributed by atoms with E-state index in [4.69, 9.17) is 15.0 Å². The Labute approximate surface area is 121 Å². The van der Waals surface area contributed by atoms with Crippen molar-refractivity contribution in [3.63, 3.8) is 0 Å². The first kappa shape index (κ1) is 13.9. The Hall–Kier alpha value is -1.07. The summed E-state index contributed by atoms with van der Waals surface area (Å²) in [6.45, 7) is 10.4. The predicted octanol–water partition coefficient (Wildman–Crippen LogP) is 2.01. The lowest BCUT2D eigenvalue weighted by atomic mass is 9.81. The first-order valence-corrected chi connectivity index (χ1v) is 7.26. The zero-order valence-corrected chi connectivity index (χ0v) is 13.0. The Morgan fingerprint density at radius 2 is 1.65 bits per heavy atom. The minimum Gasteiger partial charge on any atom is -0.398 e. The monoisotopic (exact) mass is 274 g/mol.